The summed E-state index contributed by atoms with van der Waals surface area (Å²) >= 11 is 0. The van der Waals surface area contributed by atoms with E-state index in [1.807, 2.05) is 60.7 Å². The minimum absolute atomic E-state index is 0.566. The number of nitrogens with one attached hydrogen (secondary N) is 2. The lowest BCUT2D eigenvalue weighted by Crippen LogP contribution is -2.09. The minimum atomic E-state index is 0.566. The number of hydrogen-bond donors (Lipinski definition) is 4. The number of rotatable bonds is 0. The molecule has 8 bridgehead atoms. The first-order valence-corrected chi connectivity index (χ1v) is 8.79. The fourth-order valence-corrected chi connectivity index (χ4v) is 3.39. The summed E-state index contributed by atoms with van der Waals surface area (Å²) in [7, 11) is 0. The van der Waals surface area contributed by atoms with E-state index in [9.17, 15) is 10.2 Å². The molecule has 2 aliphatic rings. The maximum Gasteiger partial charge on any atom is 0.0907 e. The first-order valence-electron chi connectivity index (χ1n) is 8.79. The van der Waals surface area contributed by atoms with E-state index in [0.717, 1.165) is 46.0 Å². The van der Waals surface area contributed by atoms with Gasteiger partial charge < -0.3 is 20.2 Å². The normalized spacial score (nSPS) is 12.3. The van der Waals surface area contributed by atoms with Crippen LogP contribution in [-0.2, 0) is 0 Å². The monoisotopic (exact) mass is 368 g/mol. The number of aliphatic hydroxyl groups excluding tert-OH is 2. The van der Waals surface area contributed by atoms with Crippen LogP contribution in [0.15, 0.2) is 36.4 Å². The predicted molar refractivity (Wildman–Crippen MR) is 112 cm³/mol. The standard InChI is InChI=1S/C22H16N4O2/c27-11-17-19-5-1-13(23-19)9-14-2-6-21(24-14)18(12-28)22-8-4-16(26-22)10-15-3-7-20(17)25-15/h1-12,23,25,27-28H. The molecule has 6 nitrogen and oxygen atoms in total. The molecule has 0 aromatic carbocycles. The number of aliphatic hydroxyl groups is 2. The molecule has 0 unspecified atom stereocenters. The number of aromatic amines is 2. The average molecular weight is 368 g/mol. The lowest BCUT2D eigenvalue weighted by atomic mass is 10.2. The number of H-pyrrole nitrogens is 2. The van der Waals surface area contributed by atoms with Crippen LogP contribution in [0, 0.1) is 0 Å². The van der Waals surface area contributed by atoms with Crippen LogP contribution < -0.4 is 10.4 Å². The molecular weight excluding hydrogens is 352 g/mol. The Labute approximate surface area is 159 Å². The summed E-state index contributed by atoms with van der Waals surface area (Å²) in [5.74, 6) is 0. The van der Waals surface area contributed by atoms with E-state index >= 15 is 0 Å². The molecule has 3 aromatic rings. The number of aromatic nitrogens is 4. The predicted octanol–water partition coefficient (Wildman–Crippen LogP) is 3.25. The van der Waals surface area contributed by atoms with Gasteiger partial charge in [0.2, 0.25) is 0 Å². The van der Waals surface area contributed by atoms with Crippen molar-refractivity contribution in [3.63, 3.8) is 0 Å². The third-order valence-electron chi connectivity index (χ3n) is 4.74. The third kappa shape index (κ3) is 2.68. The smallest absolute Gasteiger partial charge is 0.0907 e. The van der Waals surface area contributed by atoms with Gasteiger partial charge in [0.15, 0.2) is 0 Å². The molecule has 4 N–H and O–H groups in total. The molecule has 3 aromatic heterocycles. The van der Waals surface area contributed by atoms with Gasteiger partial charge in [0.05, 0.1) is 56.8 Å². The van der Waals surface area contributed by atoms with Gasteiger partial charge >= 0.3 is 0 Å². The molecule has 0 amide bonds. The van der Waals surface area contributed by atoms with Crippen molar-refractivity contribution in [3.8, 4) is 0 Å². The SMILES string of the molecule is OC=c1c2nc(cc3ccc([nH]3)c(=CO)c3ccc(cc4nc1C=C4)[nH]3)C=C2. The summed E-state index contributed by atoms with van der Waals surface area (Å²) in [6, 6.07) is 11.5. The van der Waals surface area contributed by atoms with Crippen LogP contribution in [0.2, 0.25) is 0 Å². The van der Waals surface area contributed by atoms with Gasteiger partial charge in [0, 0.05) is 11.0 Å². The molecular formula is C22H16N4O2. The van der Waals surface area contributed by atoms with Crippen molar-refractivity contribution in [2.45, 2.75) is 0 Å². The molecule has 0 saturated carbocycles. The second kappa shape index (κ2) is 6.28. The number of hydrogen-bond acceptors (Lipinski definition) is 4. The first-order chi connectivity index (χ1) is 13.7. The van der Waals surface area contributed by atoms with Crippen LogP contribution in [0.25, 0.3) is 58.9 Å². The summed E-state index contributed by atoms with van der Waals surface area (Å²) in [5.41, 5.74) is 6.08. The second-order valence-corrected chi connectivity index (χ2v) is 6.54. The summed E-state index contributed by atoms with van der Waals surface area (Å²) in [6.45, 7) is 0. The number of nitrogens with zero attached hydrogens (tertiary/aromatic N) is 2. The highest BCUT2D eigenvalue weighted by atomic mass is 16.2. The highest BCUT2D eigenvalue weighted by Crippen LogP contribution is 2.13. The zero-order chi connectivity index (χ0) is 19.1. The van der Waals surface area contributed by atoms with Crippen molar-refractivity contribution >= 4 is 58.9 Å². The molecule has 0 fully saturated rings. The summed E-state index contributed by atoms with van der Waals surface area (Å²) in [4.78, 5) is 15.8. The van der Waals surface area contributed by atoms with Crippen molar-refractivity contribution in [2.75, 3.05) is 0 Å². The Morgan fingerprint density at radius 3 is 1.61 bits per heavy atom. The Morgan fingerprint density at radius 1 is 0.643 bits per heavy atom. The molecule has 0 spiro atoms. The van der Waals surface area contributed by atoms with Gasteiger partial charge in [0.25, 0.3) is 0 Å². The van der Waals surface area contributed by atoms with Crippen LogP contribution in [-0.4, -0.2) is 30.1 Å². The van der Waals surface area contributed by atoms with Crippen molar-refractivity contribution in [3.05, 3.63) is 69.6 Å². The lowest BCUT2D eigenvalue weighted by Gasteiger charge is -1.90. The Balaban J connectivity index is 1.97. The van der Waals surface area contributed by atoms with E-state index in [0.29, 0.717) is 21.8 Å². The maximum absolute atomic E-state index is 9.79. The maximum atomic E-state index is 9.79. The fraction of sp³-hybridized carbons (Fsp3) is 0. The van der Waals surface area contributed by atoms with Crippen molar-refractivity contribution in [1.29, 1.82) is 0 Å². The summed E-state index contributed by atoms with van der Waals surface area (Å²) < 4.78 is 0. The van der Waals surface area contributed by atoms with Crippen LogP contribution in [0.1, 0.15) is 22.8 Å². The molecule has 5 heterocycles. The Morgan fingerprint density at radius 2 is 1.14 bits per heavy atom. The zero-order valence-electron chi connectivity index (χ0n) is 14.7. The van der Waals surface area contributed by atoms with Gasteiger partial charge in [-0.3, -0.25) is 0 Å². The van der Waals surface area contributed by atoms with Gasteiger partial charge in [-0.25, -0.2) is 9.97 Å². The molecule has 28 heavy (non-hydrogen) atoms. The largest absolute Gasteiger partial charge is 0.515 e. The molecule has 6 heteroatoms. The topological polar surface area (TPSA) is 97.8 Å². The second-order valence-electron chi connectivity index (χ2n) is 6.54. The minimum Gasteiger partial charge on any atom is -0.515 e. The van der Waals surface area contributed by atoms with Crippen molar-refractivity contribution in [1.82, 2.24) is 19.9 Å². The van der Waals surface area contributed by atoms with E-state index in [4.69, 9.17) is 0 Å². The molecule has 136 valence electrons. The summed E-state index contributed by atoms with van der Waals surface area (Å²) in [6.07, 6.45) is 9.59. The highest BCUT2D eigenvalue weighted by molar-refractivity contribution is 5.78. The van der Waals surface area contributed by atoms with Gasteiger partial charge in [-0.05, 0) is 60.7 Å². The molecule has 0 atom stereocenters. The number of fused-ring (bicyclic) bond motifs is 8. The highest BCUT2D eigenvalue weighted by Gasteiger charge is 2.06. The van der Waals surface area contributed by atoms with Gasteiger partial charge in [0.1, 0.15) is 0 Å². The lowest BCUT2D eigenvalue weighted by molar-refractivity contribution is 0.539. The molecule has 2 aliphatic heterocycles. The quantitative estimate of drug-likeness (QED) is 0.337. The summed E-state index contributed by atoms with van der Waals surface area (Å²) in [5, 5.41) is 20.8. The molecule has 0 aliphatic carbocycles. The fourth-order valence-electron chi connectivity index (χ4n) is 3.39. The van der Waals surface area contributed by atoms with Crippen LogP contribution >= 0.6 is 0 Å². The Kier molecular flexibility index (Phi) is 3.62. The molecule has 0 saturated heterocycles. The van der Waals surface area contributed by atoms with Gasteiger partial charge in [-0.15, -0.1) is 0 Å². The van der Waals surface area contributed by atoms with E-state index in [1.54, 1.807) is 0 Å². The van der Waals surface area contributed by atoms with E-state index in [-0.39, 0.29) is 0 Å². The van der Waals surface area contributed by atoms with E-state index in [2.05, 4.69) is 19.9 Å². The Bertz CT molecular complexity index is 1340. The average Bonchev–Trinajstić information content (AvgIpc) is 3.47. The van der Waals surface area contributed by atoms with Crippen LogP contribution in [0.3, 0.4) is 0 Å². The van der Waals surface area contributed by atoms with Gasteiger partial charge in [-0.1, -0.05) is 0 Å². The van der Waals surface area contributed by atoms with Crippen LogP contribution in [0.5, 0.6) is 0 Å². The van der Waals surface area contributed by atoms with Crippen LogP contribution in [0.4, 0.5) is 0 Å². The Hall–Kier alpha value is -4.06. The zero-order valence-corrected chi connectivity index (χ0v) is 14.7. The first kappa shape index (κ1) is 16.1. The third-order valence-corrected chi connectivity index (χ3v) is 4.74. The van der Waals surface area contributed by atoms with E-state index < -0.39 is 0 Å². The van der Waals surface area contributed by atoms with E-state index in [1.165, 1.54) is 0 Å². The molecule has 0 radical (unpaired) electrons. The van der Waals surface area contributed by atoms with Gasteiger partial charge in [-0.2, -0.15) is 0 Å². The van der Waals surface area contributed by atoms with Crippen molar-refractivity contribution < 1.29 is 10.2 Å². The van der Waals surface area contributed by atoms with Crippen molar-refractivity contribution in [2.24, 2.45) is 0 Å². The molecule has 5 rings (SSSR count).